The number of nitrogens with zero attached hydrogens (tertiary/aromatic N) is 4. The smallest absolute Gasteiger partial charge is 0.276 e. The monoisotopic (exact) mass is 452 g/mol. The van der Waals surface area contributed by atoms with Gasteiger partial charge in [-0.15, -0.1) is 0 Å². The summed E-state index contributed by atoms with van der Waals surface area (Å²) in [5.41, 5.74) is 1.63. The van der Waals surface area contributed by atoms with Crippen molar-refractivity contribution >= 4 is 28.9 Å². The van der Waals surface area contributed by atoms with E-state index in [0.717, 1.165) is 18.5 Å². The molecule has 0 radical (unpaired) electrons. The Labute approximate surface area is 191 Å². The highest BCUT2D eigenvalue weighted by Gasteiger charge is 2.28. The highest BCUT2D eigenvalue weighted by atomic mass is 16.3. The van der Waals surface area contributed by atoms with Crippen molar-refractivity contribution in [2.45, 2.75) is 25.2 Å². The summed E-state index contributed by atoms with van der Waals surface area (Å²) in [5, 5.41) is 25.8. The second-order valence-corrected chi connectivity index (χ2v) is 7.64. The molecule has 3 rings (SSSR count). The van der Waals surface area contributed by atoms with E-state index >= 15 is 0 Å². The fourth-order valence-electron chi connectivity index (χ4n) is 3.09. The number of carbonyl (C=O) groups is 2. The Hall–Kier alpha value is -3.86. The second-order valence-electron chi connectivity index (χ2n) is 7.64. The van der Waals surface area contributed by atoms with Crippen LogP contribution in [0.4, 0.5) is 11.4 Å². The van der Waals surface area contributed by atoms with E-state index in [9.17, 15) is 9.59 Å². The predicted octanol–water partition coefficient (Wildman–Crippen LogP) is 1.14. The summed E-state index contributed by atoms with van der Waals surface area (Å²) in [6, 6.07) is 3.66. The first-order valence-corrected chi connectivity index (χ1v) is 10.6. The first-order chi connectivity index (χ1) is 15.9. The molecule has 174 valence electrons. The molecule has 0 unspecified atom stereocenters. The maximum atomic E-state index is 13.2. The number of anilines is 2. The van der Waals surface area contributed by atoms with Crippen LogP contribution < -0.4 is 16.0 Å². The van der Waals surface area contributed by atoms with Crippen LogP contribution in [0.25, 0.3) is 0 Å². The molecule has 33 heavy (non-hydrogen) atoms. The van der Waals surface area contributed by atoms with Crippen molar-refractivity contribution in [1.29, 1.82) is 5.41 Å². The number of aromatic nitrogens is 3. The van der Waals surface area contributed by atoms with Crippen molar-refractivity contribution in [2.24, 2.45) is 0 Å². The minimum Gasteiger partial charge on any atom is -0.396 e. The normalized spacial score (nSPS) is 13.2. The first-order valence-electron chi connectivity index (χ1n) is 10.6. The van der Waals surface area contributed by atoms with Crippen LogP contribution in [0.2, 0.25) is 0 Å². The number of hydrogen-bond donors (Lipinski definition) is 5. The van der Waals surface area contributed by atoms with Gasteiger partial charge in [-0.3, -0.25) is 15.0 Å². The average molecular weight is 453 g/mol. The van der Waals surface area contributed by atoms with Crippen molar-refractivity contribution in [3.05, 3.63) is 54.1 Å². The van der Waals surface area contributed by atoms with E-state index in [2.05, 4.69) is 30.9 Å². The molecule has 0 spiro atoms. The zero-order chi connectivity index (χ0) is 23.8. The van der Waals surface area contributed by atoms with Gasteiger partial charge in [0.25, 0.3) is 11.8 Å². The number of amides is 2. The fourth-order valence-corrected chi connectivity index (χ4v) is 3.09. The van der Waals surface area contributed by atoms with Crippen LogP contribution in [-0.2, 0) is 4.79 Å². The molecular formula is C22H28N8O3. The maximum absolute atomic E-state index is 13.2. The van der Waals surface area contributed by atoms with Gasteiger partial charge in [-0.2, -0.15) is 0 Å². The Kier molecular flexibility index (Phi) is 8.03. The molecule has 1 fully saturated rings. The lowest BCUT2D eigenvalue weighted by molar-refractivity contribution is -0.123. The van der Waals surface area contributed by atoms with Gasteiger partial charge in [0, 0.05) is 45.1 Å². The predicted molar refractivity (Wildman–Crippen MR) is 123 cm³/mol. The van der Waals surface area contributed by atoms with Crippen molar-refractivity contribution in [1.82, 2.24) is 30.5 Å². The minimum atomic E-state index is -0.579. The minimum absolute atomic E-state index is 0.0102. The Morgan fingerprint density at radius 1 is 1.27 bits per heavy atom. The molecule has 0 saturated heterocycles. The molecule has 0 aromatic carbocycles. The fraction of sp³-hybridized carbons (Fsp3) is 0.364. The van der Waals surface area contributed by atoms with Crippen LogP contribution in [0.15, 0.2) is 42.8 Å². The molecule has 1 saturated carbocycles. The van der Waals surface area contributed by atoms with Crippen molar-refractivity contribution in [2.75, 3.05) is 32.6 Å². The van der Waals surface area contributed by atoms with E-state index < -0.39 is 11.8 Å². The molecule has 2 aromatic rings. The van der Waals surface area contributed by atoms with E-state index in [1.165, 1.54) is 24.5 Å². The molecule has 0 aliphatic heterocycles. The number of nitrogens with one attached hydrogen (secondary N) is 4. The number of carbonyl (C=O) groups excluding carboxylic acids is 2. The highest BCUT2D eigenvalue weighted by molar-refractivity contribution is 6.44. The number of pyridine rings is 1. The molecule has 0 bridgehead atoms. The van der Waals surface area contributed by atoms with E-state index in [4.69, 9.17) is 10.5 Å². The molecule has 0 atom stereocenters. The van der Waals surface area contributed by atoms with Gasteiger partial charge in [-0.25, -0.2) is 15.0 Å². The summed E-state index contributed by atoms with van der Waals surface area (Å²) >= 11 is 0. The van der Waals surface area contributed by atoms with Crippen LogP contribution >= 0.6 is 0 Å². The standard InChI is InChI=1S/C22H28N8O3/c1-24-12-18(19(23)22(33)30(2)8-3-9-31)29-21(32)20-17(27-15-10-25-13-26-11-15)7-6-16(28-20)14-4-5-14/h6-7,10-14,23-24,27,31H,3-5,8-9H2,1-2H3,(H,29,32)/b18-12+,23-19?. The number of hydrogen-bond acceptors (Lipinski definition) is 9. The van der Waals surface area contributed by atoms with Crippen molar-refractivity contribution < 1.29 is 14.7 Å². The third-order valence-electron chi connectivity index (χ3n) is 4.99. The van der Waals surface area contributed by atoms with Gasteiger partial charge in [0.05, 0.1) is 29.5 Å². The van der Waals surface area contributed by atoms with Crippen LogP contribution in [-0.4, -0.2) is 69.7 Å². The Balaban J connectivity index is 1.84. The Bertz CT molecular complexity index is 1040. The van der Waals surface area contributed by atoms with Crippen molar-refractivity contribution in [3.8, 4) is 0 Å². The lowest BCUT2D eigenvalue weighted by Gasteiger charge is -2.19. The summed E-state index contributed by atoms with van der Waals surface area (Å²) < 4.78 is 0. The molecular weight excluding hydrogens is 424 g/mol. The quantitative estimate of drug-likeness (QED) is 0.318. The van der Waals surface area contributed by atoms with Gasteiger partial charge in [0.2, 0.25) is 0 Å². The summed E-state index contributed by atoms with van der Waals surface area (Å²) in [4.78, 5) is 39.7. The topological polar surface area (TPSA) is 156 Å². The first kappa shape index (κ1) is 23.8. The highest BCUT2D eigenvalue weighted by Crippen LogP contribution is 2.39. The van der Waals surface area contributed by atoms with Gasteiger partial charge in [-0.1, -0.05) is 0 Å². The van der Waals surface area contributed by atoms with E-state index in [0.29, 0.717) is 23.7 Å². The Morgan fingerprint density at radius 2 is 2.00 bits per heavy atom. The van der Waals surface area contributed by atoms with Crippen LogP contribution in [0.5, 0.6) is 0 Å². The molecule has 1 aliphatic carbocycles. The number of aliphatic hydroxyl groups excluding tert-OH is 1. The van der Waals surface area contributed by atoms with Gasteiger partial charge in [0.1, 0.15) is 12.0 Å². The second kappa shape index (κ2) is 11.1. The summed E-state index contributed by atoms with van der Waals surface area (Å²) in [5.74, 6) is -0.809. The van der Waals surface area contributed by atoms with Gasteiger partial charge in [-0.05, 0) is 31.4 Å². The lowest BCUT2D eigenvalue weighted by atomic mass is 10.1. The molecule has 1 aliphatic rings. The summed E-state index contributed by atoms with van der Waals surface area (Å²) in [7, 11) is 3.14. The zero-order valence-corrected chi connectivity index (χ0v) is 18.6. The van der Waals surface area contributed by atoms with Crippen LogP contribution in [0.3, 0.4) is 0 Å². The Morgan fingerprint density at radius 3 is 2.64 bits per heavy atom. The number of rotatable bonds is 11. The largest absolute Gasteiger partial charge is 0.396 e. The third kappa shape index (κ3) is 6.32. The molecule has 2 aromatic heterocycles. The summed E-state index contributed by atoms with van der Waals surface area (Å²) in [6.45, 7) is 0.225. The number of aliphatic hydroxyl groups is 1. The van der Waals surface area contributed by atoms with Crippen molar-refractivity contribution in [3.63, 3.8) is 0 Å². The average Bonchev–Trinajstić information content (AvgIpc) is 3.67. The van der Waals surface area contributed by atoms with Crippen LogP contribution in [0, 0.1) is 5.41 Å². The molecule has 2 heterocycles. The van der Waals surface area contributed by atoms with Gasteiger partial charge in [0.15, 0.2) is 5.69 Å². The van der Waals surface area contributed by atoms with Crippen LogP contribution in [0.1, 0.15) is 41.4 Å². The zero-order valence-electron chi connectivity index (χ0n) is 18.6. The lowest BCUT2D eigenvalue weighted by Crippen LogP contribution is -2.39. The van der Waals surface area contributed by atoms with Gasteiger partial charge < -0.3 is 26.0 Å². The van der Waals surface area contributed by atoms with Gasteiger partial charge >= 0.3 is 0 Å². The van der Waals surface area contributed by atoms with E-state index in [-0.39, 0.29) is 30.3 Å². The maximum Gasteiger partial charge on any atom is 0.276 e. The third-order valence-corrected chi connectivity index (χ3v) is 4.99. The van der Waals surface area contributed by atoms with E-state index in [1.54, 1.807) is 25.5 Å². The summed E-state index contributed by atoms with van der Waals surface area (Å²) in [6.07, 6.45) is 8.38. The molecule has 11 nitrogen and oxygen atoms in total. The SMILES string of the molecule is CN/C=C(/NC(=O)c1nc(C2CC2)ccc1Nc1cncnc1)C(=N)C(=O)N(C)CCCO. The molecule has 11 heteroatoms. The molecule has 2 amide bonds. The van der Waals surface area contributed by atoms with E-state index in [1.807, 2.05) is 6.07 Å². The molecule has 5 N–H and O–H groups in total.